The van der Waals surface area contributed by atoms with E-state index < -0.39 is 0 Å². The molecule has 6 nitrogen and oxygen atoms in total. The quantitative estimate of drug-likeness (QED) is 0.281. The number of aryl methyl sites for hydroxylation is 1. The van der Waals surface area contributed by atoms with Crippen molar-refractivity contribution in [2.45, 2.75) is 6.92 Å². The van der Waals surface area contributed by atoms with E-state index in [1.807, 2.05) is 19.1 Å². The molecule has 0 atom stereocenters. The average Bonchev–Trinajstić information content (AvgIpc) is 3.18. The van der Waals surface area contributed by atoms with Crippen molar-refractivity contribution in [2.24, 2.45) is 5.16 Å². The first-order valence-corrected chi connectivity index (χ1v) is 10.0. The Morgan fingerprint density at radius 2 is 1.63 bits per heavy atom. The normalized spacial score (nSPS) is 11.3. The second-order valence-corrected chi connectivity index (χ2v) is 7.57. The van der Waals surface area contributed by atoms with Crippen molar-refractivity contribution < 1.29 is 19.4 Å². The van der Waals surface area contributed by atoms with Gasteiger partial charge < -0.3 is 0 Å². The third-order valence-electron chi connectivity index (χ3n) is 4.09. The summed E-state index contributed by atoms with van der Waals surface area (Å²) >= 11 is -0.0534. The van der Waals surface area contributed by atoms with Crippen molar-refractivity contribution in [1.82, 2.24) is 4.98 Å². The maximum atomic E-state index is 9.67. The first-order valence-electron chi connectivity index (χ1n) is 8.16. The third-order valence-corrected chi connectivity index (χ3v) is 5.87. The van der Waals surface area contributed by atoms with Gasteiger partial charge in [0.05, 0.1) is 0 Å². The monoisotopic (exact) mass is 432 g/mol. The van der Waals surface area contributed by atoms with Gasteiger partial charge in [-0.3, -0.25) is 0 Å². The molecule has 0 aliphatic rings. The van der Waals surface area contributed by atoms with Gasteiger partial charge in [-0.1, -0.05) is 0 Å². The Morgan fingerprint density at radius 3 is 2.15 bits per heavy atom. The number of oxime groups is 1. The maximum absolute atomic E-state index is 9.67. The summed E-state index contributed by atoms with van der Waals surface area (Å²) < 4.78 is 16.9. The minimum atomic E-state index is -0.0534. The number of aromatic nitrogens is 1. The van der Waals surface area contributed by atoms with Gasteiger partial charge in [0.25, 0.3) is 0 Å². The molecule has 0 aliphatic heterocycles. The van der Waals surface area contributed by atoms with E-state index in [9.17, 15) is 5.21 Å². The number of hydrogen-bond acceptors (Lipinski definition) is 6. The van der Waals surface area contributed by atoms with E-state index in [1.165, 1.54) is 5.56 Å². The fourth-order valence-corrected chi connectivity index (χ4v) is 4.43. The summed E-state index contributed by atoms with van der Waals surface area (Å²) in [4.78, 5) is 6.77. The zero-order valence-corrected chi connectivity index (χ0v) is 17.2. The summed E-state index contributed by atoms with van der Waals surface area (Å²) in [6.45, 7) is 2.05. The molecule has 0 saturated carbocycles. The first kappa shape index (κ1) is 19.0. The molecule has 3 rings (SSSR count). The van der Waals surface area contributed by atoms with Gasteiger partial charge in [0, 0.05) is 0 Å². The summed E-state index contributed by atoms with van der Waals surface area (Å²) in [5.41, 5.74) is 4.17. The van der Waals surface area contributed by atoms with Crippen LogP contribution < -0.4 is 14.2 Å². The van der Waals surface area contributed by atoms with Crippen molar-refractivity contribution in [2.75, 3.05) is 21.3 Å². The van der Waals surface area contributed by atoms with Gasteiger partial charge in [-0.2, -0.15) is 0 Å². The van der Waals surface area contributed by atoms with E-state index in [4.69, 9.17) is 19.2 Å². The Balaban J connectivity index is 2.02. The first-order chi connectivity index (χ1) is 13.1. The van der Waals surface area contributed by atoms with Gasteiger partial charge in [0.2, 0.25) is 0 Å². The topological polar surface area (TPSA) is 73.2 Å². The second kappa shape index (κ2) is 8.29. The van der Waals surface area contributed by atoms with Crippen LogP contribution in [0.3, 0.4) is 0 Å². The molecule has 0 spiro atoms. The van der Waals surface area contributed by atoms with Gasteiger partial charge in [0.1, 0.15) is 0 Å². The molecule has 1 aromatic heterocycles. The van der Waals surface area contributed by atoms with Crippen LogP contribution in [0, 0.1) is 6.92 Å². The summed E-state index contributed by atoms with van der Waals surface area (Å²) in [5, 5.41) is 13.2. The Kier molecular flexibility index (Phi) is 5.84. The van der Waals surface area contributed by atoms with Crippen molar-refractivity contribution in [1.29, 1.82) is 0 Å². The van der Waals surface area contributed by atoms with Gasteiger partial charge in [-0.25, -0.2) is 0 Å². The molecule has 2 aromatic carbocycles. The standard InChI is InChI=1S/C20H20N2O4Se/c1-12-5-7-13(8-6-12)15-11-27-20(21-15)18(22-23)14-9-16(24-2)19(26-4)17(10-14)25-3/h5-11,23H,1-4H3/b22-18-. The SMILES string of the molecule is COc1cc(/C(=N/O)c2nc(-c3ccc(C)cc3)c[se]2)cc(OC)c1OC. The van der Waals surface area contributed by atoms with Crippen LogP contribution >= 0.6 is 0 Å². The molecule has 0 aliphatic carbocycles. The van der Waals surface area contributed by atoms with Crippen LogP contribution in [-0.4, -0.2) is 51.7 Å². The molecular weight excluding hydrogens is 411 g/mol. The zero-order chi connectivity index (χ0) is 19.4. The fourth-order valence-electron chi connectivity index (χ4n) is 2.68. The number of hydrogen-bond donors (Lipinski definition) is 1. The minimum absolute atomic E-state index is 0.0534. The number of methoxy groups -OCH3 is 3. The van der Waals surface area contributed by atoms with Crippen molar-refractivity contribution >= 4 is 20.2 Å². The summed E-state index contributed by atoms with van der Waals surface area (Å²) in [6, 6.07) is 11.7. The van der Waals surface area contributed by atoms with E-state index in [1.54, 1.807) is 33.5 Å². The predicted molar refractivity (Wildman–Crippen MR) is 105 cm³/mol. The van der Waals surface area contributed by atoms with Gasteiger partial charge in [-0.05, 0) is 0 Å². The molecule has 0 fully saturated rings. The molecule has 0 unspecified atom stereocenters. The molecule has 0 amide bonds. The van der Waals surface area contributed by atoms with Crippen molar-refractivity contribution in [3.63, 3.8) is 0 Å². The molecule has 7 heteroatoms. The molecule has 3 aromatic rings. The van der Waals surface area contributed by atoms with E-state index in [-0.39, 0.29) is 14.5 Å². The van der Waals surface area contributed by atoms with E-state index in [0.29, 0.717) is 28.5 Å². The Hall–Kier alpha value is -2.76. The van der Waals surface area contributed by atoms with E-state index >= 15 is 0 Å². The van der Waals surface area contributed by atoms with Crippen molar-refractivity contribution in [3.8, 4) is 28.5 Å². The van der Waals surface area contributed by atoms with E-state index in [0.717, 1.165) is 15.8 Å². The Morgan fingerprint density at radius 1 is 1.00 bits per heavy atom. The molecule has 1 heterocycles. The van der Waals surface area contributed by atoms with Crippen LogP contribution in [0.1, 0.15) is 15.7 Å². The van der Waals surface area contributed by atoms with Crippen LogP contribution in [0.4, 0.5) is 0 Å². The van der Waals surface area contributed by atoms with E-state index in [2.05, 4.69) is 22.2 Å². The average molecular weight is 431 g/mol. The summed E-state index contributed by atoms with van der Waals surface area (Å²) in [5.74, 6) is 1.47. The van der Waals surface area contributed by atoms with Crippen LogP contribution in [0.5, 0.6) is 17.2 Å². The summed E-state index contributed by atoms with van der Waals surface area (Å²) in [7, 11) is 4.64. The number of benzene rings is 2. The molecule has 27 heavy (non-hydrogen) atoms. The Labute approximate surface area is 163 Å². The molecule has 0 radical (unpaired) electrons. The van der Waals surface area contributed by atoms with Crippen LogP contribution in [0.15, 0.2) is 46.5 Å². The van der Waals surface area contributed by atoms with Crippen molar-refractivity contribution in [3.05, 3.63) is 57.0 Å². The number of nitrogens with zero attached hydrogens (tertiary/aromatic N) is 2. The summed E-state index contributed by atoms with van der Waals surface area (Å²) in [6.07, 6.45) is 0. The number of rotatable bonds is 6. The Bertz CT molecular complexity index is 939. The van der Waals surface area contributed by atoms with Gasteiger partial charge in [-0.15, -0.1) is 0 Å². The van der Waals surface area contributed by atoms with Gasteiger partial charge >= 0.3 is 164 Å². The van der Waals surface area contributed by atoms with Crippen LogP contribution in [0.25, 0.3) is 11.3 Å². The molecule has 1 N–H and O–H groups in total. The van der Waals surface area contributed by atoms with Crippen LogP contribution in [-0.2, 0) is 0 Å². The molecule has 0 bridgehead atoms. The van der Waals surface area contributed by atoms with Gasteiger partial charge in [0.15, 0.2) is 0 Å². The third kappa shape index (κ3) is 3.84. The molecule has 0 saturated heterocycles. The second-order valence-electron chi connectivity index (χ2n) is 5.77. The predicted octanol–water partition coefficient (Wildman–Crippen LogP) is 3.37. The number of ether oxygens (including phenoxy) is 3. The molecule has 140 valence electrons. The van der Waals surface area contributed by atoms with Crippen LogP contribution in [0.2, 0.25) is 0 Å². The fraction of sp³-hybridized carbons (Fsp3) is 0.200. The molecular formula is C20H20N2O4Se. The zero-order valence-electron chi connectivity index (χ0n) is 15.5.